The molecule has 0 saturated carbocycles. The van der Waals surface area contributed by atoms with Crippen LogP contribution in [-0.4, -0.2) is 57.7 Å². The molecule has 2 N–H and O–H groups in total. The van der Waals surface area contributed by atoms with Gasteiger partial charge in [-0.25, -0.2) is 23.5 Å². The summed E-state index contributed by atoms with van der Waals surface area (Å²) in [5.41, 5.74) is 0.350. The van der Waals surface area contributed by atoms with E-state index in [0.29, 0.717) is 23.1 Å². The van der Waals surface area contributed by atoms with Crippen molar-refractivity contribution in [2.24, 2.45) is 0 Å². The number of aliphatic carboxylic acids is 1. The van der Waals surface area contributed by atoms with E-state index in [9.17, 15) is 23.5 Å². The van der Waals surface area contributed by atoms with Crippen LogP contribution in [0, 0.1) is 11.6 Å². The van der Waals surface area contributed by atoms with Crippen LogP contribution in [0.5, 0.6) is 11.5 Å². The molecule has 0 aliphatic carbocycles. The molecule has 0 radical (unpaired) electrons. The van der Waals surface area contributed by atoms with Crippen molar-refractivity contribution in [3.63, 3.8) is 0 Å². The molecule has 1 amide bonds. The summed E-state index contributed by atoms with van der Waals surface area (Å²) in [6, 6.07) is 4.31. The maximum absolute atomic E-state index is 14.5. The number of carboxylic acids is 1. The number of likely N-dealkylation sites (tertiary alicyclic amines) is 1. The fourth-order valence-corrected chi connectivity index (χ4v) is 4.16. The number of nitrogens with zero attached hydrogens (tertiary/aromatic N) is 3. The number of ether oxygens (including phenoxy) is 2. The molecule has 2 heterocycles. The standard InChI is InChI=1S/C24H21ClF2N4O5/c1-3-20(32)31-7-6-12(8-17(31)24(33)34)36-19-9-13-16(10-18(19)35-2)28-11-29-23(13)30-15-5-4-14(26)21(25)22(15)27/h3-5,9-12,17H,1,6-8H2,2H3,(H,33,34)(H,28,29,30)/t12-,17-/m1/s1. The molecule has 3 aromatic rings. The summed E-state index contributed by atoms with van der Waals surface area (Å²) in [7, 11) is 1.44. The van der Waals surface area contributed by atoms with Crippen LogP contribution >= 0.6 is 11.6 Å². The van der Waals surface area contributed by atoms with Crippen molar-refractivity contribution in [2.45, 2.75) is 25.0 Å². The summed E-state index contributed by atoms with van der Waals surface area (Å²) in [6.45, 7) is 3.59. The van der Waals surface area contributed by atoms with Crippen LogP contribution in [-0.2, 0) is 9.59 Å². The lowest BCUT2D eigenvalue weighted by Crippen LogP contribution is -2.51. The zero-order valence-corrected chi connectivity index (χ0v) is 19.8. The minimum absolute atomic E-state index is 0.0474. The molecule has 36 heavy (non-hydrogen) atoms. The predicted molar refractivity (Wildman–Crippen MR) is 128 cm³/mol. The molecule has 1 aliphatic heterocycles. The zero-order chi connectivity index (χ0) is 26.0. The van der Waals surface area contributed by atoms with Crippen molar-refractivity contribution in [3.05, 3.63) is 59.9 Å². The molecule has 0 bridgehead atoms. The Balaban J connectivity index is 1.66. The second-order valence-corrected chi connectivity index (χ2v) is 8.32. The van der Waals surface area contributed by atoms with Crippen molar-refractivity contribution in [3.8, 4) is 11.5 Å². The number of carbonyl (C=O) groups is 2. The highest BCUT2D eigenvalue weighted by Gasteiger charge is 2.36. The highest BCUT2D eigenvalue weighted by Crippen LogP contribution is 2.37. The van der Waals surface area contributed by atoms with Gasteiger partial charge in [0.2, 0.25) is 5.91 Å². The number of halogens is 3. The second-order valence-electron chi connectivity index (χ2n) is 7.94. The topological polar surface area (TPSA) is 114 Å². The molecule has 188 valence electrons. The van der Waals surface area contributed by atoms with E-state index in [-0.39, 0.29) is 30.2 Å². The number of hydrogen-bond acceptors (Lipinski definition) is 7. The summed E-state index contributed by atoms with van der Waals surface area (Å²) >= 11 is 5.68. The van der Waals surface area contributed by atoms with E-state index < -0.39 is 40.7 Å². The number of carbonyl (C=O) groups excluding carboxylic acids is 1. The third-order valence-electron chi connectivity index (χ3n) is 5.80. The highest BCUT2D eigenvalue weighted by atomic mass is 35.5. The SMILES string of the molecule is C=CC(=O)N1CC[C@@H](Oc2cc3c(Nc4ccc(F)c(Cl)c4F)ncnc3cc2OC)C[C@@H]1C(=O)O. The number of methoxy groups -OCH3 is 1. The Kier molecular flexibility index (Phi) is 7.20. The number of rotatable bonds is 7. The molecule has 1 aliphatic rings. The molecule has 2 atom stereocenters. The Labute approximate surface area is 209 Å². The van der Waals surface area contributed by atoms with Crippen LogP contribution in [0.4, 0.5) is 20.3 Å². The average molecular weight is 519 g/mol. The van der Waals surface area contributed by atoms with Gasteiger partial charge >= 0.3 is 5.97 Å². The molecule has 4 rings (SSSR count). The van der Waals surface area contributed by atoms with Gasteiger partial charge in [0.15, 0.2) is 17.3 Å². The van der Waals surface area contributed by atoms with Gasteiger partial charge in [0.05, 0.1) is 18.3 Å². The molecular weight excluding hydrogens is 498 g/mol. The smallest absolute Gasteiger partial charge is 0.326 e. The maximum Gasteiger partial charge on any atom is 0.326 e. The highest BCUT2D eigenvalue weighted by molar-refractivity contribution is 6.31. The van der Waals surface area contributed by atoms with Crippen LogP contribution in [0.15, 0.2) is 43.2 Å². The number of piperidine rings is 1. The Morgan fingerprint density at radius 1 is 1.28 bits per heavy atom. The Morgan fingerprint density at radius 3 is 2.75 bits per heavy atom. The van der Waals surface area contributed by atoms with Gasteiger partial charge in [-0.2, -0.15) is 0 Å². The fraction of sp³-hybridized carbons (Fsp3) is 0.250. The molecule has 0 spiro atoms. The quantitative estimate of drug-likeness (QED) is 0.351. The second kappa shape index (κ2) is 10.3. The minimum Gasteiger partial charge on any atom is -0.493 e. The van der Waals surface area contributed by atoms with Gasteiger partial charge in [0.25, 0.3) is 0 Å². The van der Waals surface area contributed by atoms with Gasteiger partial charge in [-0.1, -0.05) is 18.2 Å². The van der Waals surface area contributed by atoms with E-state index in [1.165, 1.54) is 24.4 Å². The third-order valence-corrected chi connectivity index (χ3v) is 6.15. The van der Waals surface area contributed by atoms with Gasteiger partial charge in [-0.05, 0) is 24.3 Å². The third kappa shape index (κ3) is 4.87. The summed E-state index contributed by atoms with van der Waals surface area (Å²) in [5, 5.41) is 12.2. The largest absolute Gasteiger partial charge is 0.493 e. The lowest BCUT2D eigenvalue weighted by molar-refractivity contribution is -0.152. The van der Waals surface area contributed by atoms with Crippen molar-refractivity contribution in [2.75, 3.05) is 19.0 Å². The molecule has 1 saturated heterocycles. The molecule has 2 aromatic carbocycles. The van der Waals surface area contributed by atoms with Gasteiger partial charge < -0.3 is 24.8 Å². The van der Waals surface area contributed by atoms with Crippen LogP contribution < -0.4 is 14.8 Å². The van der Waals surface area contributed by atoms with Crippen molar-refractivity contribution in [1.29, 1.82) is 0 Å². The van der Waals surface area contributed by atoms with Crippen molar-refractivity contribution >= 4 is 45.9 Å². The lowest BCUT2D eigenvalue weighted by Gasteiger charge is -2.36. The van der Waals surface area contributed by atoms with E-state index in [4.69, 9.17) is 21.1 Å². The van der Waals surface area contributed by atoms with E-state index in [0.717, 1.165) is 12.1 Å². The first-order valence-corrected chi connectivity index (χ1v) is 11.2. The Bertz CT molecular complexity index is 1360. The normalized spacial score (nSPS) is 17.5. The summed E-state index contributed by atoms with van der Waals surface area (Å²) in [6.07, 6.45) is 2.22. The van der Waals surface area contributed by atoms with Gasteiger partial charge in [-0.3, -0.25) is 4.79 Å². The van der Waals surface area contributed by atoms with Crippen molar-refractivity contribution in [1.82, 2.24) is 14.9 Å². The van der Waals surface area contributed by atoms with E-state index in [1.54, 1.807) is 12.1 Å². The molecule has 9 nitrogen and oxygen atoms in total. The number of fused-ring (bicyclic) bond motifs is 1. The number of benzene rings is 2. The zero-order valence-electron chi connectivity index (χ0n) is 19.0. The molecule has 0 unspecified atom stereocenters. The van der Waals surface area contributed by atoms with Gasteiger partial charge in [0.1, 0.15) is 35.1 Å². The Morgan fingerprint density at radius 2 is 2.06 bits per heavy atom. The molecular formula is C24H21ClF2N4O5. The summed E-state index contributed by atoms with van der Waals surface area (Å²) in [4.78, 5) is 33.4. The van der Waals surface area contributed by atoms with Gasteiger partial charge in [-0.15, -0.1) is 0 Å². The van der Waals surface area contributed by atoms with Crippen LogP contribution in [0.2, 0.25) is 5.02 Å². The van der Waals surface area contributed by atoms with Crippen LogP contribution in [0.3, 0.4) is 0 Å². The molecule has 1 aromatic heterocycles. The minimum atomic E-state index is -1.15. The number of amides is 1. The number of carboxylic acid groups (broad SMARTS) is 1. The number of aromatic nitrogens is 2. The lowest BCUT2D eigenvalue weighted by atomic mass is 9.99. The number of hydrogen-bond donors (Lipinski definition) is 2. The van der Waals surface area contributed by atoms with Crippen LogP contribution in [0.25, 0.3) is 10.9 Å². The first-order chi connectivity index (χ1) is 17.2. The van der Waals surface area contributed by atoms with Crippen LogP contribution in [0.1, 0.15) is 12.8 Å². The number of nitrogens with one attached hydrogen (secondary N) is 1. The number of anilines is 2. The fourth-order valence-electron chi connectivity index (χ4n) is 4.00. The van der Waals surface area contributed by atoms with E-state index in [2.05, 4.69) is 21.9 Å². The predicted octanol–water partition coefficient (Wildman–Crippen LogP) is 4.32. The van der Waals surface area contributed by atoms with E-state index >= 15 is 0 Å². The monoisotopic (exact) mass is 518 g/mol. The average Bonchev–Trinajstić information content (AvgIpc) is 2.88. The first-order valence-electron chi connectivity index (χ1n) is 10.8. The van der Waals surface area contributed by atoms with E-state index in [1.807, 2.05) is 0 Å². The first kappa shape index (κ1) is 25.1. The van der Waals surface area contributed by atoms with Crippen molar-refractivity contribution < 1.29 is 33.0 Å². The molecule has 1 fully saturated rings. The summed E-state index contributed by atoms with van der Waals surface area (Å²) in [5.74, 6) is -2.68. The maximum atomic E-state index is 14.5. The summed E-state index contributed by atoms with van der Waals surface area (Å²) < 4.78 is 39.6. The Hall–Kier alpha value is -3.99. The van der Waals surface area contributed by atoms with Gasteiger partial charge in [0, 0.05) is 30.8 Å². The molecule has 12 heteroatoms.